The van der Waals surface area contributed by atoms with Crippen molar-refractivity contribution in [2.45, 2.75) is 20.0 Å². The Balaban J connectivity index is 1.56. The first-order chi connectivity index (χ1) is 15.9. The van der Waals surface area contributed by atoms with Crippen molar-refractivity contribution in [2.75, 3.05) is 20.6 Å². The van der Waals surface area contributed by atoms with Gasteiger partial charge in [-0.2, -0.15) is 0 Å². The number of pyridine rings is 1. The highest BCUT2D eigenvalue weighted by molar-refractivity contribution is 5.93. The van der Waals surface area contributed by atoms with Crippen molar-refractivity contribution in [1.82, 2.24) is 20.5 Å². The lowest BCUT2D eigenvalue weighted by molar-refractivity contribution is 0.0827. The van der Waals surface area contributed by atoms with E-state index in [1.807, 2.05) is 37.3 Å². The first-order valence-electron chi connectivity index (χ1n) is 10.7. The molecule has 1 aromatic heterocycles. The molecule has 0 bridgehead atoms. The molecule has 0 atom stereocenters. The molecule has 33 heavy (non-hydrogen) atoms. The van der Waals surface area contributed by atoms with Crippen LogP contribution in [0.2, 0.25) is 0 Å². The standard InChI is InChI=1S/C25H28FN5O2/c1-4-27-25(29-15-18-8-11-20(12-9-18)24(32)31(2)3)30-17-19-10-13-23(28-16-19)33-22-7-5-6-21(26)14-22/h5-14,16H,4,15,17H2,1-3H3,(H2,27,29,30). The number of guanidine groups is 1. The van der Waals surface area contributed by atoms with Crippen LogP contribution >= 0.6 is 0 Å². The number of carbonyl (C=O) groups excluding carboxylic acids is 1. The maximum absolute atomic E-state index is 13.3. The van der Waals surface area contributed by atoms with E-state index in [4.69, 9.17) is 4.74 Å². The van der Waals surface area contributed by atoms with Crippen molar-refractivity contribution < 1.29 is 13.9 Å². The van der Waals surface area contributed by atoms with Crippen molar-refractivity contribution in [3.05, 3.63) is 89.4 Å². The van der Waals surface area contributed by atoms with Gasteiger partial charge in [0.25, 0.3) is 5.91 Å². The van der Waals surface area contributed by atoms with Crippen molar-refractivity contribution in [3.63, 3.8) is 0 Å². The van der Waals surface area contributed by atoms with Gasteiger partial charge in [-0.1, -0.05) is 24.3 Å². The molecule has 0 unspecified atom stereocenters. The minimum absolute atomic E-state index is 0.0228. The molecular formula is C25H28FN5O2. The number of hydrogen-bond acceptors (Lipinski definition) is 4. The summed E-state index contributed by atoms with van der Waals surface area (Å²) in [4.78, 5) is 22.4. The summed E-state index contributed by atoms with van der Waals surface area (Å²) in [5, 5.41) is 6.51. The van der Waals surface area contributed by atoms with Crippen LogP contribution in [0, 0.1) is 5.82 Å². The predicted molar refractivity (Wildman–Crippen MR) is 127 cm³/mol. The van der Waals surface area contributed by atoms with Gasteiger partial charge in [-0.25, -0.2) is 14.4 Å². The quantitative estimate of drug-likeness (QED) is 0.402. The zero-order valence-electron chi connectivity index (χ0n) is 19.0. The molecule has 8 heteroatoms. The normalized spacial score (nSPS) is 11.1. The van der Waals surface area contributed by atoms with Crippen LogP contribution in [0.4, 0.5) is 4.39 Å². The Labute approximate surface area is 193 Å². The molecule has 1 amide bonds. The van der Waals surface area contributed by atoms with Gasteiger partial charge in [-0.3, -0.25) is 4.79 Å². The molecular weight excluding hydrogens is 421 g/mol. The second-order valence-electron chi connectivity index (χ2n) is 7.51. The zero-order chi connectivity index (χ0) is 23.6. The number of nitrogens with one attached hydrogen (secondary N) is 2. The average molecular weight is 450 g/mol. The summed E-state index contributed by atoms with van der Waals surface area (Å²) >= 11 is 0. The molecule has 1 heterocycles. The van der Waals surface area contributed by atoms with E-state index in [1.54, 1.807) is 43.4 Å². The van der Waals surface area contributed by atoms with Crippen LogP contribution in [0.5, 0.6) is 11.6 Å². The summed E-state index contributed by atoms with van der Waals surface area (Å²) in [6.07, 6.45) is 1.68. The van der Waals surface area contributed by atoms with Gasteiger partial charge < -0.3 is 20.3 Å². The molecule has 0 fully saturated rings. The molecule has 172 valence electrons. The van der Waals surface area contributed by atoms with Gasteiger partial charge in [0.1, 0.15) is 11.6 Å². The van der Waals surface area contributed by atoms with Crippen molar-refractivity contribution in [2.24, 2.45) is 4.99 Å². The third-order valence-electron chi connectivity index (χ3n) is 4.65. The van der Waals surface area contributed by atoms with E-state index < -0.39 is 0 Å². The minimum atomic E-state index is -0.361. The lowest BCUT2D eigenvalue weighted by Crippen LogP contribution is -2.36. The van der Waals surface area contributed by atoms with E-state index in [-0.39, 0.29) is 11.7 Å². The Morgan fingerprint density at radius 3 is 2.45 bits per heavy atom. The highest BCUT2D eigenvalue weighted by Gasteiger charge is 2.07. The molecule has 0 spiro atoms. The van der Waals surface area contributed by atoms with Gasteiger partial charge in [-0.05, 0) is 42.3 Å². The number of halogens is 1. The number of aliphatic imine (C=N–C) groups is 1. The SMILES string of the molecule is CCNC(=NCc1ccc(Oc2cccc(F)c2)nc1)NCc1ccc(C(=O)N(C)C)cc1. The Morgan fingerprint density at radius 1 is 1.06 bits per heavy atom. The van der Waals surface area contributed by atoms with E-state index in [9.17, 15) is 9.18 Å². The predicted octanol–water partition coefficient (Wildman–Crippen LogP) is 3.97. The van der Waals surface area contributed by atoms with Gasteiger partial charge in [0, 0.05) is 51.1 Å². The van der Waals surface area contributed by atoms with E-state index in [0.29, 0.717) is 36.2 Å². The summed E-state index contributed by atoms with van der Waals surface area (Å²) in [7, 11) is 3.47. The maximum Gasteiger partial charge on any atom is 0.253 e. The molecule has 2 aromatic carbocycles. The molecule has 0 radical (unpaired) electrons. The number of benzene rings is 2. The van der Waals surface area contributed by atoms with Gasteiger partial charge in [0.2, 0.25) is 5.88 Å². The third kappa shape index (κ3) is 7.31. The van der Waals surface area contributed by atoms with Gasteiger partial charge in [0.15, 0.2) is 5.96 Å². The second kappa shape index (κ2) is 11.6. The van der Waals surface area contributed by atoms with Crippen LogP contribution in [0.25, 0.3) is 0 Å². The molecule has 3 rings (SSSR count). The van der Waals surface area contributed by atoms with E-state index in [0.717, 1.165) is 17.7 Å². The average Bonchev–Trinajstić information content (AvgIpc) is 2.81. The molecule has 0 saturated carbocycles. The van der Waals surface area contributed by atoms with Gasteiger partial charge >= 0.3 is 0 Å². The summed E-state index contributed by atoms with van der Waals surface area (Å²) in [6, 6.07) is 17.0. The lowest BCUT2D eigenvalue weighted by Gasteiger charge is -2.13. The second-order valence-corrected chi connectivity index (χ2v) is 7.51. The molecule has 7 nitrogen and oxygen atoms in total. The molecule has 0 aliphatic rings. The van der Waals surface area contributed by atoms with Crippen LogP contribution in [-0.4, -0.2) is 42.4 Å². The molecule has 0 aliphatic carbocycles. The lowest BCUT2D eigenvalue weighted by atomic mass is 10.1. The Morgan fingerprint density at radius 2 is 1.82 bits per heavy atom. The Kier molecular flexibility index (Phi) is 8.35. The number of hydrogen-bond donors (Lipinski definition) is 2. The van der Waals surface area contributed by atoms with Crippen molar-refractivity contribution in [3.8, 4) is 11.6 Å². The molecule has 0 aliphatic heterocycles. The highest BCUT2D eigenvalue weighted by atomic mass is 19.1. The van der Waals surface area contributed by atoms with Gasteiger partial charge in [0.05, 0.1) is 6.54 Å². The molecule has 2 N–H and O–H groups in total. The topological polar surface area (TPSA) is 78.9 Å². The van der Waals surface area contributed by atoms with Crippen LogP contribution < -0.4 is 15.4 Å². The van der Waals surface area contributed by atoms with Crippen LogP contribution in [0.1, 0.15) is 28.4 Å². The number of amides is 1. The number of aromatic nitrogens is 1. The van der Waals surface area contributed by atoms with Crippen LogP contribution in [-0.2, 0) is 13.1 Å². The molecule has 3 aromatic rings. The van der Waals surface area contributed by atoms with Crippen LogP contribution in [0.3, 0.4) is 0 Å². The van der Waals surface area contributed by atoms with E-state index in [2.05, 4.69) is 20.6 Å². The minimum Gasteiger partial charge on any atom is -0.439 e. The first kappa shape index (κ1) is 23.7. The summed E-state index contributed by atoms with van der Waals surface area (Å²) in [5.41, 5.74) is 2.60. The Bertz CT molecular complexity index is 1080. The van der Waals surface area contributed by atoms with E-state index in [1.165, 1.54) is 12.1 Å². The fourth-order valence-electron chi connectivity index (χ4n) is 2.94. The smallest absolute Gasteiger partial charge is 0.253 e. The van der Waals surface area contributed by atoms with E-state index >= 15 is 0 Å². The zero-order valence-corrected chi connectivity index (χ0v) is 19.0. The van der Waals surface area contributed by atoms with Crippen molar-refractivity contribution >= 4 is 11.9 Å². The summed E-state index contributed by atoms with van der Waals surface area (Å²) in [6.45, 7) is 3.72. The largest absolute Gasteiger partial charge is 0.439 e. The highest BCUT2D eigenvalue weighted by Crippen LogP contribution is 2.20. The monoisotopic (exact) mass is 449 g/mol. The van der Waals surface area contributed by atoms with Crippen molar-refractivity contribution in [1.29, 1.82) is 0 Å². The molecule has 0 saturated heterocycles. The van der Waals surface area contributed by atoms with Gasteiger partial charge in [-0.15, -0.1) is 0 Å². The Hall–Kier alpha value is -3.94. The maximum atomic E-state index is 13.3. The third-order valence-corrected chi connectivity index (χ3v) is 4.65. The number of ether oxygens (including phenoxy) is 1. The number of rotatable bonds is 8. The number of carbonyl (C=O) groups is 1. The first-order valence-corrected chi connectivity index (χ1v) is 10.7. The number of nitrogens with zero attached hydrogens (tertiary/aromatic N) is 3. The summed E-state index contributed by atoms with van der Waals surface area (Å²) < 4.78 is 18.8. The van der Waals surface area contributed by atoms with Crippen LogP contribution in [0.15, 0.2) is 71.9 Å². The summed E-state index contributed by atoms with van der Waals surface area (Å²) in [5.74, 6) is 1.07. The fraction of sp³-hybridized carbons (Fsp3) is 0.240. The fourth-order valence-corrected chi connectivity index (χ4v) is 2.94.